The number of piperazine rings is 1. The lowest BCUT2D eigenvalue weighted by molar-refractivity contribution is -0.129. The van der Waals surface area contributed by atoms with E-state index in [9.17, 15) is 22.8 Å². The smallest absolute Gasteiger partial charge is 0.276 e. The van der Waals surface area contributed by atoms with Crippen molar-refractivity contribution >= 4 is 23.3 Å². The van der Waals surface area contributed by atoms with Gasteiger partial charge in [-0.1, -0.05) is 0 Å². The molecule has 10 heteroatoms. The third-order valence-corrected chi connectivity index (χ3v) is 4.22. The van der Waals surface area contributed by atoms with Crippen LogP contribution < -0.4 is 10.2 Å². The molecule has 3 rings (SSSR count). The van der Waals surface area contributed by atoms with Gasteiger partial charge in [0, 0.05) is 33.1 Å². The first kappa shape index (κ1) is 18.6. The second kappa shape index (κ2) is 7.60. The zero-order valence-electron chi connectivity index (χ0n) is 14.4. The molecule has 1 aromatic carbocycles. The fraction of sp³-hybridized carbons (Fsp3) is 0.294. The van der Waals surface area contributed by atoms with Crippen molar-refractivity contribution in [1.29, 1.82) is 0 Å². The highest BCUT2D eigenvalue weighted by Crippen LogP contribution is 2.20. The standard InChI is InChI=1S/C17H16F3N5O2/c1-10(26)24-6-8-25(9-7-24)14-5-4-13(22-23-14)17(27)21-12-3-2-11(18)15(19)16(12)20/h2-5H,6-9H2,1H3,(H,21,27). The molecule has 1 fully saturated rings. The Morgan fingerprint density at radius 2 is 1.67 bits per heavy atom. The summed E-state index contributed by atoms with van der Waals surface area (Å²) in [6.07, 6.45) is 0. The Morgan fingerprint density at radius 1 is 0.963 bits per heavy atom. The summed E-state index contributed by atoms with van der Waals surface area (Å²) in [5.74, 6) is -4.76. The first-order valence-corrected chi connectivity index (χ1v) is 8.16. The van der Waals surface area contributed by atoms with Gasteiger partial charge in [-0.15, -0.1) is 10.2 Å². The average molecular weight is 379 g/mol. The molecule has 2 aromatic rings. The Balaban J connectivity index is 1.66. The minimum absolute atomic E-state index is 0.0113. The molecule has 142 valence electrons. The fourth-order valence-corrected chi connectivity index (χ4v) is 2.67. The minimum atomic E-state index is -1.67. The van der Waals surface area contributed by atoms with Crippen LogP contribution in [-0.2, 0) is 4.79 Å². The van der Waals surface area contributed by atoms with Crippen molar-refractivity contribution in [3.05, 3.63) is 47.4 Å². The number of anilines is 2. The molecule has 0 atom stereocenters. The predicted octanol–water partition coefficient (Wildman–Crippen LogP) is 1.81. The predicted molar refractivity (Wildman–Crippen MR) is 90.8 cm³/mol. The third kappa shape index (κ3) is 3.99. The number of nitrogens with one attached hydrogen (secondary N) is 1. The van der Waals surface area contributed by atoms with E-state index >= 15 is 0 Å². The van der Waals surface area contributed by atoms with E-state index in [0.29, 0.717) is 38.1 Å². The molecule has 0 unspecified atom stereocenters. The number of benzene rings is 1. The molecule has 1 saturated heterocycles. The summed E-state index contributed by atoms with van der Waals surface area (Å²) < 4.78 is 39.8. The van der Waals surface area contributed by atoms with Gasteiger partial charge in [-0.2, -0.15) is 0 Å². The van der Waals surface area contributed by atoms with E-state index in [1.165, 1.54) is 13.0 Å². The van der Waals surface area contributed by atoms with E-state index in [1.807, 2.05) is 4.90 Å². The first-order valence-electron chi connectivity index (χ1n) is 8.16. The number of hydrogen-bond donors (Lipinski definition) is 1. The van der Waals surface area contributed by atoms with Crippen LogP contribution in [0.3, 0.4) is 0 Å². The molecule has 2 heterocycles. The van der Waals surface area contributed by atoms with Crippen molar-refractivity contribution in [3.63, 3.8) is 0 Å². The molecule has 1 aliphatic rings. The maximum atomic E-state index is 13.6. The summed E-state index contributed by atoms with van der Waals surface area (Å²) in [7, 11) is 0. The summed E-state index contributed by atoms with van der Waals surface area (Å²) >= 11 is 0. The van der Waals surface area contributed by atoms with E-state index < -0.39 is 29.0 Å². The third-order valence-electron chi connectivity index (χ3n) is 4.22. The fourth-order valence-electron chi connectivity index (χ4n) is 2.67. The SMILES string of the molecule is CC(=O)N1CCN(c2ccc(C(=O)Nc3ccc(F)c(F)c3F)nn2)CC1. The number of hydrogen-bond acceptors (Lipinski definition) is 5. The molecule has 0 bridgehead atoms. The topological polar surface area (TPSA) is 78.4 Å². The summed E-state index contributed by atoms with van der Waals surface area (Å²) in [5, 5.41) is 9.90. The largest absolute Gasteiger partial charge is 0.352 e. The first-order chi connectivity index (χ1) is 12.9. The number of amides is 2. The second-order valence-electron chi connectivity index (χ2n) is 5.95. The van der Waals surface area contributed by atoms with Crippen LogP contribution in [0.2, 0.25) is 0 Å². The number of aromatic nitrogens is 2. The highest BCUT2D eigenvalue weighted by molar-refractivity contribution is 6.02. The number of carbonyl (C=O) groups excluding carboxylic acids is 2. The Bertz CT molecular complexity index is 868. The Kier molecular flexibility index (Phi) is 5.24. The molecule has 7 nitrogen and oxygen atoms in total. The van der Waals surface area contributed by atoms with Gasteiger partial charge in [0.05, 0.1) is 5.69 Å². The van der Waals surface area contributed by atoms with Gasteiger partial charge in [0.15, 0.2) is 29.0 Å². The molecule has 1 N–H and O–H groups in total. The van der Waals surface area contributed by atoms with E-state index in [2.05, 4.69) is 15.5 Å². The van der Waals surface area contributed by atoms with Crippen LogP contribution in [0.15, 0.2) is 24.3 Å². The summed E-state index contributed by atoms with van der Waals surface area (Å²) in [5.41, 5.74) is -0.601. The lowest BCUT2D eigenvalue weighted by Crippen LogP contribution is -2.48. The van der Waals surface area contributed by atoms with Crippen LogP contribution in [0.25, 0.3) is 0 Å². The monoisotopic (exact) mass is 379 g/mol. The van der Waals surface area contributed by atoms with E-state index in [-0.39, 0.29) is 11.6 Å². The summed E-state index contributed by atoms with van der Waals surface area (Å²) in [4.78, 5) is 27.1. The molecule has 27 heavy (non-hydrogen) atoms. The number of carbonyl (C=O) groups is 2. The Labute approximate surface area is 152 Å². The van der Waals surface area contributed by atoms with Gasteiger partial charge in [-0.3, -0.25) is 9.59 Å². The molecule has 0 spiro atoms. The average Bonchev–Trinajstić information content (AvgIpc) is 2.68. The second-order valence-corrected chi connectivity index (χ2v) is 5.95. The molecule has 0 radical (unpaired) electrons. The maximum absolute atomic E-state index is 13.6. The number of halogens is 3. The van der Waals surface area contributed by atoms with E-state index in [0.717, 1.165) is 6.07 Å². The zero-order valence-corrected chi connectivity index (χ0v) is 14.4. The van der Waals surface area contributed by atoms with Crippen LogP contribution in [0, 0.1) is 17.5 Å². The van der Waals surface area contributed by atoms with Gasteiger partial charge in [-0.25, -0.2) is 13.2 Å². The van der Waals surface area contributed by atoms with Crippen molar-refractivity contribution < 1.29 is 22.8 Å². The maximum Gasteiger partial charge on any atom is 0.276 e. The van der Waals surface area contributed by atoms with Crippen molar-refractivity contribution in [1.82, 2.24) is 15.1 Å². The van der Waals surface area contributed by atoms with Crippen LogP contribution in [-0.4, -0.2) is 53.1 Å². The summed E-state index contributed by atoms with van der Waals surface area (Å²) in [6, 6.07) is 4.60. The van der Waals surface area contributed by atoms with Crippen molar-refractivity contribution in [2.75, 3.05) is 36.4 Å². The van der Waals surface area contributed by atoms with Gasteiger partial charge < -0.3 is 15.1 Å². The summed E-state index contributed by atoms with van der Waals surface area (Å²) in [6.45, 7) is 3.81. The molecule has 1 aromatic heterocycles. The van der Waals surface area contributed by atoms with Crippen LogP contribution in [0.4, 0.5) is 24.7 Å². The molecule has 0 saturated carbocycles. The van der Waals surface area contributed by atoms with Crippen LogP contribution in [0.1, 0.15) is 17.4 Å². The van der Waals surface area contributed by atoms with Crippen LogP contribution in [0.5, 0.6) is 0 Å². The normalized spacial score (nSPS) is 14.2. The van der Waals surface area contributed by atoms with Crippen molar-refractivity contribution in [2.45, 2.75) is 6.92 Å². The van der Waals surface area contributed by atoms with Gasteiger partial charge >= 0.3 is 0 Å². The van der Waals surface area contributed by atoms with Gasteiger partial charge in [-0.05, 0) is 24.3 Å². The van der Waals surface area contributed by atoms with E-state index in [4.69, 9.17) is 0 Å². The molecular weight excluding hydrogens is 363 g/mol. The highest BCUT2D eigenvalue weighted by atomic mass is 19.2. The van der Waals surface area contributed by atoms with Crippen molar-refractivity contribution in [3.8, 4) is 0 Å². The number of rotatable bonds is 3. The van der Waals surface area contributed by atoms with Crippen molar-refractivity contribution in [2.24, 2.45) is 0 Å². The quantitative estimate of drug-likeness (QED) is 0.823. The van der Waals surface area contributed by atoms with E-state index in [1.54, 1.807) is 11.0 Å². The Hall–Kier alpha value is -3.17. The lowest BCUT2D eigenvalue weighted by Gasteiger charge is -2.34. The molecule has 2 amide bonds. The van der Waals surface area contributed by atoms with Gasteiger partial charge in [0.1, 0.15) is 0 Å². The van der Waals surface area contributed by atoms with Gasteiger partial charge in [0.25, 0.3) is 5.91 Å². The minimum Gasteiger partial charge on any atom is -0.352 e. The molecule has 0 aliphatic carbocycles. The lowest BCUT2D eigenvalue weighted by atomic mass is 10.2. The van der Waals surface area contributed by atoms with Crippen LogP contribution >= 0.6 is 0 Å². The molecule has 1 aliphatic heterocycles. The van der Waals surface area contributed by atoms with Gasteiger partial charge in [0.2, 0.25) is 5.91 Å². The zero-order chi connectivity index (χ0) is 19.6. The highest BCUT2D eigenvalue weighted by Gasteiger charge is 2.21. The molecular formula is C17H16F3N5O2. The number of nitrogens with zero attached hydrogens (tertiary/aromatic N) is 4. The Morgan fingerprint density at radius 3 is 2.26 bits per heavy atom.